The molecule has 7 heteroatoms. The van der Waals surface area contributed by atoms with E-state index >= 15 is 0 Å². The van der Waals surface area contributed by atoms with Gasteiger partial charge >= 0.3 is 0 Å². The minimum atomic E-state index is -0.862. The van der Waals surface area contributed by atoms with Gasteiger partial charge in [-0.3, -0.25) is 14.5 Å². The van der Waals surface area contributed by atoms with Crippen molar-refractivity contribution in [2.45, 2.75) is 19.9 Å². The quantitative estimate of drug-likeness (QED) is 0.348. The molecule has 2 aliphatic rings. The maximum absolute atomic E-state index is 13.3. The molecule has 3 heterocycles. The van der Waals surface area contributed by atoms with Crippen molar-refractivity contribution in [2.24, 2.45) is 0 Å². The second-order valence-corrected chi connectivity index (χ2v) is 9.31. The molecule has 1 unspecified atom stereocenters. The summed E-state index contributed by atoms with van der Waals surface area (Å²) in [5.74, 6) is -1.19. The number of nitrogens with zero attached hydrogens (tertiary/aromatic N) is 3. The molecule has 2 fully saturated rings. The second kappa shape index (κ2) is 9.07. The van der Waals surface area contributed by atoms with Crippen LogP contribution in [0.25, 0.3) is 5.76 Å². The summed E-state index contributed by atoms with van der Waals surface area (Å²) in [5.41, 5.74) is 3.97. The third-order valence-corrected chi connectivity index (χ3v) is 6.90. The summed E-state index contributed by atoms with van der Waals surface area (Å²) in [4.78, 5) is 32.6. The summed E-state index contributed by atoms with van der Waals surface area (Å²) in [6.07, 6.45) is 1.50. The van der Waals surface area contributed by atoms with Crippen molar-refractivity contribution in [3.63, 3.8) is 0 Å². The van der Waals surface area contributed by atoms with Crippen LogP contribution in [-0.2, 0) is 9.59 Å². The maximum atomic E-state index is 13.3. The fourth-order valence-electron chi connectivity index (χ4n) is 4.84. The molecule has 0 radical (unpaired) electrons. The highest BCUT2D eigenvalue weighted by Gasteiger charge is 2.48. The van der Waals surface area contributed by atoms with Crippen LogP contribution in [0.2, 0.25) is 0 Å². The molecule has 7 nitrogen and oxygen atoms in total. The van der Waals surface area contributed by atoms with Crippen molar-refractivity contribution >= 4 is 28.8 Å². The van der Waals surface area contributed by atoms with E-state index in [9.17, 15) is 14.7 Å². The first-order valence-electron chi connectivity index (χ1n) is 11.8. The van der Waals surface area contributed by atoms with E-state index < -0.39 is 17.7 Å². The van der Waals surface area contributed by atoms with Gasteiger partial charge in [0, 0.05) is 43.1 Å². The number of piperazine rings is 1. The Labute approximate surface area is 204 Å². The standard InChI is InChI=1S/C28H29N3O4/c1-18-6-7-19(2)22(17-18)26(32)24-25(23-5-4-16-35-23)31(28(34)27(24)33)21-10-8-20(9-11-21)30-14-12-29(3)13-15-30/h4-11,16-17,25,32H,12-15H2,1-3H3/b26-24-. The summed E-state index contributed by atoms with van der Waals surface area (Å²) in [7, 11) is 2.12. The fourth-order valence-corrected chi connectivity index (χ4v) is 4.84. The van der Waals surface area contributed by atoms with Crippen LogP contribution >= 0.6 is 0 Å². The Morgan fingerprint density at radius 1 is 0.943 bits per heavy atom. The average molecular weight is 472 g/mol. The Bertz CT molecular complexity index is 1290. The average Bonchev–Trinajstić information content (AvgIpc) is 3.48. The number of carbonyl (C=O) groups is 2. The number of benzene rings is 2. The van der Waals surface area contributed by atoms with Crippen LogP contribution in [-0.4, -0.2) is 54.9 Å². The van der Waals surface area contributed by atoms with Gasteiger partial charge < -0.3 is 19.3 Å². The number of amides is 1. The number of hydrogen-bond donors (Lipinski definition) is 1. The molecule has 0 aliphatic carbocycles. The number of carbonyl (C=O) groups excluding carboxylic acids is 2. The summed E-state index contributed by atoms with van der Waals surface area (Å²) in [6.45, 7) is 7.63. The third-order valence-electron chi connectivity index (χ3n) is 6.90. The van der Waals surface area contributed by atoms with Crippen LogP contribution in [0.1, 0.15) is 28.5 Å². The number of anilines is 2. The van der Waals surface area contributed by atoms with Crippen molar-refractivity contribution in [1.29, 1.82) is 0 Å². The van der Waals surface area contributed by atoms with Gasteiger partial charge in [0.25, 0.3) is 11.7 Å². The lowest BCUT2D eigenvalue weighted by atomic mass is 9.96. The van der Waals surface area contributed by atoms with Crippen LogP contribution in [0.15, 0.2) is 70.9 Å². The minimum Gasteiger partial charge on any atom is -0.507 e. The predicted octanol–water partition coefficient (Wildman–Crippen LogP) is 4.27. The first-order chi connectivity index (χ1) is 16.8. The molecule has 0 bridgehead atoms. The summed E-state index contributed by atoms with van der Waals surface area (Å²) in [6, 6.07) is 15.9. The molecular formula is C28H29N3O4. The van der Waals surface area contributed by atoms with Gasteiger partial charge in [-0.25, -0.2) is 0 Å². The van der Waals surface area contributed by atoms with Gasteiger partial charge in [0.1, 0.15) is 17.6 Å². The number of rotatable bonds is 4. The van der Waals surface area contributed by atoms with E-state index in [4.69, 9.17) is 4.42 Å². The summed E-state index contributed by atoms with van der Waals surface area (Å²) >= 11 is 0. The number of aliphatic hydroxyl groups excluding tert-OH is 1. The fraction of sp³-hybridized carbons (Fsp3) is 0.286. The Kier molecular flexibility index (Phi) is 5.94. The van der Waals surface area contributed by atoms with Crippen LogP contribution in [0.5, 0.6) is 0 Å². The lowest BCUT2D eigenvalue weighted by Gasteiger charge is -2.34. The zero-order valence-electron chi connectivity index (χ0n) is 20.2. The van der Waals surface area contributed by atoms with Crippen molar-refractivity contribution in [2.75, 3.05) is 43.0 Å². The van der Waals surface area contributed by atoms with E-state index in [-0.39, 0.29) is 11.3 Å². The summed E-state index contributed by atoms with van der Waals surface area (Å²) in [5, 5.41) is 11.3. The first-order valence-corrected chi connectivity index (χ1v) is 11.8. The Balaban J connectivity index is 1.57. The Morgan fingerprint density at radius 3 is 2.29 bits per heavy atom. The van der Waals surface area contributed by atoms with Gasteiger partial charge in [0.05, 0.1) is 11.8 Å². The molecule has 1 aromatic heterocycles. The molecule has 5 rings (SSSR count). The minimum absolute atomic E-state index is 0.0294. The predicted molar refractivity (Wildman–Crippen MR) is 136 cm³/mol. The topological polar surface area (TPSA) is 77.2 Å². The zero-order chi connectivity index (χ0) is 24.7. The Hall–Kier alpha value is -3.84. The number of ketones is 1. The van der Waals surface area contributed by atoms with Gasteiger partial charge in [-0.15, -0.1) is 0 Å². The van der Waals surface area contributed by atoms with Gasteiger partial charge in [0.15, 0.2) is 0 Å². The molecule has 3 aromatic rings. The van der Waals surface area contributed by atoms with E-state index in [1.165, 1.54) is 11.2 Å². The SMILES string of the molecule is Cc1ccc(C)c(/C(O)=C2/C(=O)C(=O)N(c3ccc(N4CCN(C)CC4)cc3)C2c2ccco2)c1. The highest BCUT2D eigenvalue weighted by molar-refractivity contribution is 6.51. The van der Waals surface area contributed by atoms with Crippen LogP contribution in [0.4, 0.5) is 11.4 Å². The normalized spacial score (nSPS) is 20.6. The smallest absolute Gasteiger partial charge is 0.300 e. The second-order valence-electron chi connectivity index (χ2n) is 9.31. The van der Waals surface area contributed by atoms with Gasteiger partial charge in [0.2, 0.25) is 0 Å². The number of likely N-dealkylation sites (N-methyl/N-ethyl adjacent to an activating group) is 1. The lowest BCUT2D eigenvalue weighted by Crippen LogP contribution is -2.44. The molecule has 2 saturated heterocycles. The third kappa shape index (κ3) is 4.12. The molecule has 180 valence electrons. The molecule has 1 amide bonds. The van der Waals surface area contributed by atoms with Gasteiger partial charge in [-0.1, -0.05) is 17.7 Å². The Morgan fingerprint density at radius 2 is 1.63 bits per heavy atom. The molecule has 0 saturated carbocycles. The van der Waals surface area contributed by atoms with E-state index in [1.807, 2.05) is 56.3 Å². The van der Waals surface area contributed by atoms with Crippen LogP contribution < -0.4 is 9.80 Å². The van der Waals surface area contributed by atoms with Crippen molar-refractivity contribution in [3.8, 4) is 0 Å². The molecule has 35 heavy (non-hydrogen) atoms. The van der Waals surface area contributed by atoms with E-state index in [1.54, 1.807) is 12.1 Å². The number of aliphatic hydroxyl groups is 1. The van der Waals surface area contributed by atoms with Crippen LogP contribution in [0, 0.1) is 13.8 Å². The molecular weight excluding hydrogens is 442 g/mol. The van der Waals surface area contributed by atoms with Crippen LogP contribution in [0.3, 0.4) is 0 Å². The first kappa shape index (κ1) is 22.9. The van der Waals surface area contributed by atoms with E-state index in [0.717, 1.165) is 43.0 Å². The number of furan rings is 1. The highest BCUT2D eigenvalue weighted by Crippen LogP contribution is 2.43. The van der Waals surface area contributed by atoms with E-state index in [2.05, 4.69) is 16.8 Å². The van der Waals surface area contributed by atoms with Gasteiger partial charge in [-0.05, 0) is 68.9 Å². The van der Waals surface area contributed by atoms with Crippen molar-refractivity contribution < 1.29 is 19.1 Å². The molecule has 2 aliphatic heterocycles. The highest BCUT2D eigenvalue weighted by atomic mass is 16.3. The maximum Gasteiger partial charge on any atom is 0.300 e. The largest absolute Gasteiger partial charge is 0.507 e. The zero-order valence-corrected chi connectivity index (χ0v) is 20.2. The van der Waals surface area contributed by atoms with Gasteiger partial charge in [-0.2, -0.15) is 0 Å². The van der Waals surface area contributed by atoms with Crippen molar-refractivity contribution in [1.82, 2.24) is 4.90 Å². The molecule has 1 N–H and O–H groups in total. The van der Waals surface area contributed by atoms with Crippen molar-refractivity contribution in [3.05, 3.63) is 88.9 Å². The number of aryl methyl sites for hydroxylation is 2. The molecule has 2 aromatic carbocycles. The number of hydrogen-bond acceptors (Lipinski definition) is 6. The monoisotopic (exact) mass is 471 g/mol. The number of Topliss-reactive ketones (excluding diaryl/α,β-unsaturated/α-hetero) is 1. The van der Waals surface area contributed by atoms with E-state index in [0.29, 0.717) is 17.0 Å². The lowest BCUT2D eigenvalue weighted by molar-refractivity contribution is -0.132. The summed E-state index contributed by atoms with van der Waals surface area (Å²) < 4.78 is 5.66. The molecule has 0 spiro atoms. The molecule has 1 atom stereocenters.